The van der Waals surface area contributed by atoms with Crippen LogP contribution in [-0.4, -0.2) is 45.9 Å². The molecule has 142 valence electrons. The molecule has 1 saturated heterocycles. The van der Waals surface area contributed by atoms with Crippen molar-refractivity contribution in [2.45, 2.75) is 62.8 Å². The van der Waals surface area contributed by atoms with E-state index in [0.29, 0.717) is 11.1 Å². The first-order valence-electron chi connectivity index (χ1n) is 8.87. The van der Waals surface area contributed by atoms with Gasteiger partial charge in [-0.15, -0.1) is 10.2 Å². The van der Waals surface area contributed by atoms with Crippen LogP contribution < -0.4 is 16.0 Å². The summed E-state index contributed by atoms with van der Waals surface area (Å²) in [5.41, 5.74) is 0. The molecule has 10 heteroatoms. The molecule has 26 heavy (non-hydrogen) atoms. The smallest absolute Gasteiger partial charge is 0.321 e. The van der Waals surface area contributed by atoms with Gasteiger partial charge in [0.1, 0.15) is 0 Å². The highest BCUT2D eigenvalue weighted by molar-refractivity contribution is 7.99. The molecule has 1 aliphatic carbocycles. The molecule has 0 bridgehead atoms. The molecule has 3 rings (SSSR count). The molecule has 1 aromatic heterocycles. The normalized spacial score (nSPS) is 24.0. The second-order valence-electron chi connectivity index (χ2n) is 6.71. The highest BCUT2D eigenvalue weighted by Crippen LogP contribution is 2.21. The molecular formula is C16H23N5O4S. The quantitative estimate of drug-likeness (QED) is 0.627. The van der Waals surface area contributed by atoms with Gasteiger partial charge in [-0.05, 0) is 19.8 Å². The molecular weight excluding hydrogens is 358 g/mol. The minimum Gasteiger partial charge on any atom is -0.416 e. The molecule has 1 aliphatic heterocycles. The van der Waals surface area contributed by atoms with Gasteiger partial charge in [0.15, 0.2) is 0 Å². The van der Waals surface area contributed by atoms with Gasteiger partial charge < -0.3 is 15.1 Å². The summed E-state index contributed by atoms with van der Waals surface area (Å²) in [6.07, 6.45) is 5.89. The van der Waals surface area contributed by atoms with E-state index in [1.165, 1.54) is 31.0 Å². The summed E-state index contributed by atoms with van der Waals surface area (Å²) in [6.45, 7) is 1.75. The van der Waals surface area contributed by atoms with E-state index < -0.39 is 11.9 Å². The van der Waals surface area contributed by atoms with E-state index in [0.717, 1.165) is 12.8 Å². The van der Waals surface area contributed by atoms with Crippen LogP contribution in [0.3, 0.4) is 0 Å². The summed E-state index contributed by atoms with van der Waals surface area (Å²) in [6, 6.07) is -0.540. The fraction of sp³-hybridized carbons (Fsp3) is 0.688. The SMILES string of the molecule is CC1NC(=O)NC(=O)C1Cc1nnc(SCC(=O)NC2CCCCC2)o1. The zero-order chi connectivity index (χ0) is 18.5. The Morgan fingerprint density at radius 3 is 2.77 bits per heavy atom. The molecule has 3 N–H and O–H groups in total. The summed E-state index contributed by atoms with van der Waals surface area (Å²) in [5, 5.41) is 16.1. The maximum atomic E-state index is 12.0. The number of carbonyl (C=O) groups excluding carboxylic acids is 3. The van der Waals surface area contributed by atoms with Crippen LogP contribution in [0.25, 0.3) is 0 Å². The first kappa shape index (κ1) is 18.7. The maximum Gasteiger partial charge on any atom is 0.321 e. The second kappa shape index (κ2) is 8.52. The van der Waals surface area contributed by atoms with Crippen LogP contribution in [0.1, 0.15) is 44.9 Å². The molecule has 0 radical (unpaired) electrons. The predicted octanol–water partition coefficient (Wildman–Crippen LogP) is 0.997. The van der Waals surface area contributed by atoms with Gasteiger partial charge in [-0.25, -0.2) is 4.79 Å². The molecule has 4 amide bonds. The minimum atomic E-state index is -0.496. The van der Waals surface area contributed by atoms with Crippen molar-refractivity contribution in [3.05, 3.63) is 5.89 Å². The average Bonchev–Trinajstić information content (AvgIpc) is 3.05. The summed E-state index contributed by atoms with van der Waals surface area (Å²) in [4.78, 5) is 35.2. The molecule has 2 aliphatic rings. The highest BCUT2D eigenvalue weighted by Gasteiger charge is 2.34. The van der Waals surface area contributed by atoms with Gasteiger partial charge in [0.05, 0.1) is 11.7 Å². The Labute approximate surface area is 155 Å². The van der Waals surface area contributed by atoms with E-state index in [4.69, 9.17) is 4.42 Å². The van der Waals surface area contributed by atoms with Crippen molar-refractivity contribution in [3.8, 4) is 0 Å². The number of imide groups is 1. The molecule has 2 fully saturated rings. The standard InChI is InChI=1S/C16H23N5O4S/c1-9-11(14(23)19-15(24)17-9)7-13-20-21-16(25-13)26-8-12(22)18-10-5-3-2-4-6-10/h9-11H,2-8H2,1H3,(H,18,22)(H2,17,19,23,24). The molecule has 1 aromatic rings. The van der Waals surface area contributed by atoms with Crippen molar-refractivity contribution in [1.29, 1.82) is 0 Å². The lowest BCUT2D eigenvalue weighted by atomic mass is 9.95. The van der Waals surface area contributed by atoms with Crippen molar-refractivity contribution >= 4 is 29.6 Å². The summed E-state index contributed by atoms with van der Waals surface area (Å²) < 4.78 is 5.52. The number of urea groups is 1. The van der Waals surface area contributed by atoms with Crippen molar-refractivity contribution in [2.75, 3.05) is 5.75 Å². The summed E-state index contributed by atoms with van der Waals surface area (Å²) in [7, 11) is 0. The Morgan fingerprint density at radius 2 is 2.04 bits per heavy atom. The highest BCUT2D eigenvalue weighted by atomic mass is 32.2. The van der Waals surface area contributed by atoms with Crippen molar-refractivity contribution in [1.82, 2.24) is 26.1 Å². The van der Waals surface area contributed by atoms with Crippen LogP contribution in [0.5, 0.6) is 0 Å². The number of nitrogens with zero attached hydrogens (tertiary/aromatic N) is 2. The van der Waals surface area contributed by atoms with Gasteiger partial charge in [-0.3, -0.25) is 14.9 Å². The monoisotopic (exact) mass is 381 g/mol. The number of hydrogen-bond acceptors (Lipinski definition) is 7. The summed E-state index contributed by atoms with van der Waals surface area (Å²) >= 11 is 1.18. The van der Waals surface area contributed by atoms with E-state index in [9.17, 15) is 14.4 Å². The Balaban J connectivity index is 1.46. The van der Waals surface area contributed by atoms with Crippen LogP contribution in [0, 0.1) is 5.92 Å². The number of aromatic nitrogens is 2. The zero-order valence-corrected chi connectivity index (χ0v) is 15.4. The predicted molar refractivity (Wildman–Crippen MR) is 93.4 cm³/mol. The second-order valence-corrected chi connectivity index (χ2v) is 7.64. The van der Waals surface area contributed by atoms with Crippen molar-refractivity contribution in [3.63, 3.8) is 0 Å². The Morgan fingerprint density at radius 1 is 1.27 bits per heavy atom. The average molecular weight is 381 g/mol. The number of thioether (sulfide) groups is 1. The third kappa shape index (κ3) is 4.96. The van der Waals surface area contributed by atoms with E-state index in [1.54, 1.807) is 6.92 Å². The number of nitrogens with one attached hydrogen (secondary N) is 3. The van der Waals surface area contributed by atoms with Crippen molar-refractivity contribution in [2.24, 2.45) is 5.92 Å². The number of amides is 4. The molecule has 0 spiro atoms. The van der Waals surface area contributed by atoms with E-state index in [1.807, 2.05) is 0 Å². The van der Waals surface area contributed by atoms with Gasteiger partial charge in [-0.1, -0.05) is 31.0 Å². The van der Waals surface area contributed by atoms with Gasteiger partial charge >= 0.3 is 6.03 Å². The maximum absolute atomic E-state index is 12.0. The van der Waals surface area contributed by atoms with Gasteiger partial charge in [0.2, 0.25) is 17.7 Å². The number of carbonyl (C=O) groups is 3. The minimum absolute atomic E-state index is 0.0374. The Bertz CT molecular complexity index is 673. The molecule has 2 atom stereocenters. The third-order valence-electron chi connectivity index (χ3n) is 4.68. The Kier molecular flexibility index (Phi) is 6.12. The molecule has 2 heterocycles. The molecule has 1 saturated carbocycles. The topological polar surface area (TPSA) is 126 Å². The van der Waals surface area contributed by atoms with Crippen LogP contribution in [0.2, 0.25) is 0 Å². The lowest BCUT2D eigenvalue weighted by Gasteiger charge is -2.27. The van der Waals surface area contributed by atoms with Crippen LogP contribution in [0.15, 0.2) is 9.64 Å². The molecule has 2 unspecified atom stereocenters. The van der Waals surface area contributed by atoms with Crippen LogP contribution in [0.4, 0.5) is 4.79 Å². The van der Waals surface area contributed by atoms with Crippen molar-refractivity contribution < 1.29 is 18.8 Å². The lowest BCUT2D eigenvalue weighted by molar-refractivity contribution is -0.125. The first-order chi connectivity index (χ1) is 12.5. The third-order valence-corrected chi connectivity index (χ3v) is 5.49. The largest absolute Gasteiger partial charge is 0.416 e. The van der Waals surface area contributed by atoms with E-state index in [-0.39, 0.29) is 36.1 Å². The van der Waals surface area contributed by atoms with Crippen LogP contribution >= 0.6 is 11.8 Å². The van der Waals surface area contributed by atoms with E-state index in [2.05, 4.69) is 26.1 Å². The van der Waals surface area contributed by atoms with Gasteiger partial charge in [0, 0.05) is 18.5 Å². The molecule has 9 nitrogen and oxygen atoms in total. The number of rotatable bonds is 6. The molecule has 0 aromatic carbocycles. The van der Waals surface area contributed by atoms with Crippen LogP contribution in [-0.2, 0) is 16.0 Å². The number of hydrogen-bond donors (Lipinski definition) is 3. The first-order valence-corrected chi connectivity index (χ1v) is 9.85. The van der Waals surface area contributed by atoms with Gasteiger partial charge in [0.25, 0.3) is 5.22 Å². The fourth-order valence-electron chi connectivity index (χ4n) is 3.26. The Hall–Kier alpha value is -2.10. The lowest BCUT2D eigenvalue weighted by Crippen LogP contribution is -2.57. The van der Waals surface area contributed by atoms with Gasteiger partial charge in [-0.2, -0.15) is 0 Å². The zero-order valence-electron chi connectivity index (χ0n) is 14.6. The van der Waals surface area contributed by atoms with E-state index >= 15 is 0 Å². The summed E-state index contributed by atoms with van der Waals surface area (Å²) in [5.74, 6) is -0.344. The fourth-order valence-corrected chi connectivity index (χ4v) is 3.85.